The minimum atomic E-state index is -2.58. The van der Waals surface area contributed by atoms with Crippen LogP contribution in [0.4, 0.5) is 19.4 Å². The molecule has 9 heteroatoms. The number of hydrogen-bond donors (Lipinski definition) is 2. The van der Waals surface area contributed by atoms with Gasteiger partial charge in [-0.25, -0.2) is 23.2 Å². The van der Waals surface area contributed by atoms with Crippen LogP contribution in [0.2, 0.25) is 0 Å². The van der Waals surface area contributed by atoms with Crippen molar-refractivity contribution in [3.63, 3.8) is 0 Å². The van der Waals surface area contributed by atoms with Crippen molar-refractivity contribution in [3.05, 3.63) is 35.7 Å². The fourth-order valence-corrected chi connectivity index (χ4v) is 3.23. The minimum Gasteiger partial charge on any atom is -0.453 e. The normalized spacial score (nSPS) is 17.8. The van der Waals surface area contributed by atoms with Crippen molar-refractivity contribution in [2.75, 3.05) is 12.4 Å². The van der Waals surface area contributed by atoms with Gasteiger partial charge in [-0.3, -0.25) is 0 Å². The third-order valence-electron chi connectivity index (χ3n) is 4.88. The largest absolute Gasteiger partial charge is 0.453 e. The number of carbonyl (C=O) groups excluding carboxylic acids is 1. The van der Waals surface area contributed by atoms with Gasteiger partial charge < -0.3 is 15.4 Å². The van der Waals surface area contributed by atoms with Gasteiger partial charge in [0.25, 0.3) is 0 Å². The number of rotatable bonds is 5. The molecule has 1 atom stereocenters. The molecular formula is C19H25F2N5O2. The fourth-order valence-electron chi connectivity index (χ4n) is 3.23. The first-order valence-corrected chi connectivity index (χ1v) is 9.29. The number of carbonyl (C=O) groups is 1. The number of anilines is 1. The molecule has 0 saturated heterocycles. The first kappa shape index (κ1) is 20.0. The second-order valence-corrected chi connectivity index (χ2v) is 7.18. The van der Waals surface area contributed by atoms with Gasteiger partial charge >= 0.3 is 6.09 Å². The molecule has 1 unspecified atom stereocenters. The Bertz CT molecular complexity index is 829. The molecule has 2 N–H and O–H groups in total. The van der Waals surface area contributed by atoms with Crippen LogP contribution in [0.1, 0.15) is 49.9 Å². The molecule has 2 heterocycles. The van der Waals surface area contributed by atoms with Gasteiger partial charge in [0.2, 0.25) is 5.92 Å². The molecule has 1 saturated carbocycles. The lowest BCUT2D eigenvalue weighted by Crippen LogP contribution is -2.32. The molecule has 1 amide bonds. The van der Waals surface area contributed by atoms with E-state index in [1.807, 2.05) is 32.0 Å². The van der Waals surface area contributed by atoms with E-state index >= 15 is 0 Å². The molecule has 1 aliphatic carbocycles. The highest BCUT2D eigenvalue weighted by molar-refractivity contribution is 5.67. The number of hydrogen-bond acceptors (Lipinski definition) is 5. The molecule has 3 rings (SSSR count). The summed E-state index contributed by atoms with van der Waals surface area (Å²) in [6.07, 6.45) is 1.76. The number of nitrogens with zero attached hydrogens (tertiary/aromatic N) is 3. The number of alkyl carbamates (subject to hydrolysis) is 1. The van der Waals surface area contributed by atoms with E-state index in [-0.39, 0.29) is 24.9 Å². The molecule has 0 bridgehead atoms. The van der Waals surface area contributed by atoms with E-state index in [4.69, 9.17) is 0 Å². The standard InChI is InChI=1S/C19H25F2N5O2/c1-12-6-9-26(25-12)17-11-14(13(2)22-18(27)28-3)10-16(24-17)23-15-4-7-19(20,21)8-5-15/h6,9-11,13,15H,4-5,7-8H2,1-3H3,(H,22,27)(H,23,24). The maximum absolute atomic E-state index is 13.4. The number of aromatic nitrogens is 3. The predicted molar refractivity (Wildman–Crippen MR) is 101 cm³/mol. The quantitative estimate of drug-likeness (QED) is 0.803. The van der Waals surface area contributed by atoms with E-state index in [1.165, 1.54) is 7.11 Å². The molecule has 0 spiro atoms. The number of methoxy groups -OCH3 is 1. The van der Waals surface area contributed by atoms with Crippen molar-refractivity contribution in [1.29, 1.82) is 0 Å². The van der Waals surface area contributed by atoms with Crippen LogP contribution >= 0.6 is 0 Å². The lowest BCUT2D eigenvalue weighted by molar-refractivity contribution is -0.0361. The van der Waals surface area contributed by atoms with E-state index in [9.17, 15) is 13.6 Å². The minimum absolute atomic E-state index is 0.0709. The summed E-state index contributed by atoms with van der Waals surface area (Å²) in [6, 6.07) is 5.10. The van der Waals surface area contributed by atoms with Gasteiger partial charge in [0.15, 0.2) is 5.82 Å². The summed E-state index contributed by atoms with van der Waals surface area (Å²) in [4.78, 5) is 16.2. The summed E-state index contributed by atoms with van der Waals surface area (Å²) in [5, 5.41) is 10.4. The summed E-state index contributed by atoms with van der Waals surface area (Å²) in [7, 11) is 1.30. The second-order valence-electron chi connectivity index (χ2n) is 7.18. The van der Waals surface area contributed by atoms with E-state index < -0.39 is 12.0 Å². The maximum atomic E-state index is 13.4. The molecule has 1 aliphatic rings. The molecule has 7 nitrogen and oxygen atoms in total. The molecule has 0 aliphatic heterocycles. The first-order chi connectivity index (χ1) is 13.3. The van der Waals surface area contributed by atoms with E-state index in [1.54, 1.807) is 10.9 Å². The van der Waals surface area contributed by atoms with Crippen LogP contribution in [0.3, 0.4) is 0 Å². The fraction of sp³-hybridized carbons (Fsp3) is 0.526. The topological polar surface area (TPSA) is 81.1 Å². The smallest absolute Gasteiger partial charge is 0.407 e. The van der Waals surface area contributed by atoms with Crippen LogP contribution < -0.4 is 10.6 Å². The highest BCUT2D eigenvalue weighted by Gasteiger charge is 2.35. The number of halogens is 2. The van der Waals surface area contributed by atoms with Crippen LogP contribution in [0.5, 0.6) is 0 Å². The summed E-state index contributed by atoms with van der Waals surface area (Å²) < 4.78 is 33.1. The Hall–Kier alpha value is -2.71. The first-order valence-electron chi connectivity index (χ1n) is 9.29. The van der Waals surface area contributed by atoms with Crippen LogP contribution in [-0.2, 0) is 4.74 Å². The van der Waals surface area contributed by atoms with Crippen molar-refractivity contribution in [3.8, 4) is 5.82 Å². The average molecular weight is 393 g/mol. The molecule has 0 radical (unpaired) electrons. The molecule has 2 aromatic heterocycles. The molecule has 2 aromatic rings. The van der Waals surface area contributed by atoms with Crippen molar-refractivity contribution < 1.29 is 18.3 Å². The van der Waals surface area contributed by atoms with E-state index in [0.29, 0.717) is 24.5 Å². The van der Waals surface area contributed by atoms with Gasteiger partial charge in [0, 0.05) is 25.1 Å². The lowest BCUT2D eigenvalue weighted by Gasteiger charge is -2.29. The lowest BCUT2D eigenvalue weighted by atomic mass is 9.92. The molecular weight excluding hydrogens is 368 g/mol. The zero-order valence-electron chi connectivity index (χ0n) is 16.2. The van der Waals surface area contributed by atoms with Crippen molar-refractivity contribution in [2.24, 2.45) is 0 Å². The number of aryl methyl sites for hydroxylation is 1. The Balaban J connectivity index is 1.85. The third-order valence-corrected chi connectivity index (χ3v) is 4.88. The van der Waals surface area contributed by atoms with Crippen molar-refractivity contribution in [2.45, 2.75) is 57.5 Å². The summed E-state index contributed by atoms with van der Waals surface area (Å²) in [5.74, 6) is -1.44. The van der Waals surface area contributed by atoms with Gasteiger partial charge in [-0.1, -0.05) is 0 Å². The SMILES string of the molecule is COC(=O)NC(C)c1cc(NC2CCC(F)(F)CC2)nc(-n2ccc(C)n2)c1. The van der Waals surface area contributed by atoms with Gasteiger partial charge in [0.05, 0.1) is 18.8 Å². The maximum Gasteiger partial charge on any atom is 0.407 e. The van der Waals surface area contributed by atoms with Crippen LogP contribution in [0.15, 0.2) is 24.4 Å². The van der Waals surface area contributed by atoms with Crippen LogP contribution in [0, 0.1) is 6.92 Å². The Kier molecular flexibility index (Phi) is 5.81. The monoisotopic (exact) mass is 393 g/mol. The molecule has 28 heavy (non-hydrogen) atoms. The van der Waals surface area contributed by atoms with Crippen LogP contribution in [0.25, 0.3) is 5.82 Å². The van der Waals surface area contributed by atoms with E-state index in [2.05, 4.69) is 25.5 Å². The number of nitrogens with one attached hydrogen (secondary N) is 2. The van der Waals surface area contributed by atoms with Gasteiger partial charge in [0.1, 0.15) is 5.82 Å². The van der Waals surface area contributed by atoms with Crippen molar-refractivity contribution in [1.82, 2.24) is 20.1 Å². The second kappa shape index (κ2) is 8.12. The summed E-state index contributed by atoms with van der Waals surface area (Å²) in [6.45, 7) is 3.71. The Morgan fingerprint density at radius 2 is 2.07 bits per heavy atom. The Morgan fingerprint density at radius 3 is 2.68 bits per heavy atom. The van der Waals surface area contributed by atoms with Gasteiger partial charge in [-0.15, -0.1) is 0 Å². The molecule has 0 aromatic carbocycles. The number of alkyl halides is 2. The van der Waals surface area contributed by atoms with Crippen molar-refractivity contribution >= 4 is 11.9 Å². The highest BCUT2D eigenvalue weighted by atomic mass is 19.3. The average Bonchev–Trinajstić information content (AvgIpc) is 3.09. The zero-order valence-corrected chi connectivity index (χ0v) is 16.2. The Morgan fingerprint density at radius 1 is 1.36 bits per heavy atom. The number of pyridine rings is 1. The molecule has 152 valence electrons. The summed E-state index contributed by atoms with van der Waals surface area (Å²) >= 11 is 0. The molecule has 1 fully saturated rings. The van der Waals surface area contributed by atoms with E-state index in [0.717, 1.165) is 11.3 Å². The highest BCUT2D eigenvalue weighted by Crippen LogP contribution is 2.34. The number of ether oxygens (including phenoxy) is 1. The van der Waals surface area contributed by atoms with Gasteiger partial charge in [-0.05, 0) is 50.5 Å². The Labute approximate surface area is 162 Å². The third kappa shape index (κ3) is 4.96. The van der Waals surface area contributed by atoms with Gasteiger partial charge in [-0.2, -0.15) is 5.10 Å². The van der Waals surface area contributed by atoms with Crippen LogP contribution in [-0.4, -0.2) is 39.9 Å². The predicted octanol–water partition coefficient (Wildman–Crippen LogP) is 3.98. The summed E-state index contributed by atoms with van der Waals surface area (Å²) in [5.41, 5.74) is 1.64. The zero-order chi connectivity index (χ0) is 20.3. The number of amides is 1.